The minimum atomic E-state index is -2.92. The summed E-state index contributed by atoms with van der Waals surface area (Å²) in [5.41, 5.74) is 2.05. The normalized spacial score (nSPS) is 10.7. The lowest BCUT2D eigenvalue weighted by molar-refractivity contribution is -0.0493. The van der Waals surface area contributed by atoms with Crippen molar-refractivity contribution in [2.24, 2.45) is 0 Å². The van der Waals surface area contributed by atoms with E-state index in [0.717, 1.165) is 5.56 Å². The average Bonchev–Trinajstić information content (AvgIpc) is 3.05. The predicted octanol–water partition coefficient (Wildman–Crippen LogP) is 5.00. The number of hydrogen-bond acceptors (Lipinski definition) is 3. The van der Waals surface area contributed by atoms with Gasteiger partial charge in [-0.3, -0.25) is 4.68 Å². The van der Waals surface area contributed by atoms with E-state index in [1.54, 1.807) is 35.3 Å². The number of thiocarbonyl (C=S) groups is 1. The second-order valence-electron chi connectivity index (χ2n) is 5.51. The van der Waals surface area contributed by atoms with Gasteiger partial charge in [0, 0.05) is 11.2 Å². The van der Waals surface area contributed by atoms with Gasteiger partial charge in [0.1, 0.15) is 5.75 Å². The molecule has 27 heavy (non-hydrogen) atoms. The van der Waals surface area contributed by atoms with Crippen LogP contribution >= 0.6 is 23.8 Å². The summed E-state index contributed by atoms with van der Waals surface area (Å²) in [6.07, 6.45) is 3.40. The minimum absolute atomic E-state index is 0.00934. The third-order valence-corrected chi connectivity index (χ3v) is 3.96. The highest BCUT2D eigenvalue weighted by atomic mass is 35.5. The van der Waals surface area contributed by atoms with E-state index < -0.39 is 6.61 Å². The molecule has 2 aromatic carbocycles. The van der Waals surface area contributed by atoms with Crippen LogP contribution in [-0.2, 0) is 6.54 Å². The number of benzene rings is 2. The fourth-order valence-corrected chi connectivity index (χ4v) is 2.70. The Bertz CT molecular complexity index is 918. The number of para-hydroxylation sites is 2. The van der Waals surface area contributed by atoms with Crippen molar-refractivity contribution in [3.8, 4) is 5.75 Å². The molecule has 0 spiro atoms. The fraction of sp³-hybridized carbons (Fsp3) is 0.111. The van der Waals surface area contributed by atoms with Crippen LogP contribution in [0.5, 0.6) is 5.75 Å². The highest BCUT2D eigenvalue weighted by Crippen LogP contribution is 2.25. The van der Waals surface area contributed by atoms with Gasteiger partial charge in [0.2, 0.25) is 0 Å². The first kappa shape index (κ1) is 19.1. The molecule has 0 aliphatic rings. The number of alkyl halides is 2. The molecule has 1 heterocycles. The first-order chi connectivity index (χ1) is 13.0. The molecule has 0 saturated heterocycles. The molecule has 0 saturated carbocycles. The van der Waals surface area contributed by atoms with Gasteiger partial charge in [-0.05, 0) is 42.0 Å². The van der Waals surface area contributed by atoms with Gasteiger partial charge < -0.3 is 15.4 Å². The number of anilines is 2. The number of nitrogens with one attached hydrogen (secondary N) is 2. The molecular weight excluding hydrogens is 394 g/mol. The largest absolute Gasteiger partial charge is 0.433 e. The topological polar surface area (TPSA) is 51.1 Å². The van der Waals surface area contributed by atoms with E-state index in [1.165, 1.54) is 6.07 Å². The summed E-state index contributed by atoms with van der Waals surface area (Å²) in [5.74, 6) is 0.00934. The zero-order valence-corrected chi connectivity index (χ0v) is 15.5. The van der Waals surface area contributed by atoms with Gasteiger partial charge in [-0.25, -0.2) is 0 Å². The molecule has 3 rings (SSSR count). The smallest absolute Gasteiger partial charge is 0.387 e. The van der Waals surface area contributed by atoms with E-state index in [9.17, 15) is 8.78 Å². The van der Waals surface area contributed by atoms with Crippen LogP contribution in [-0.4, -0.2) is 21.5 Å². The Balaban J connectivity index is 1.60. The lowest BCUT2D eigenvalue weighted by Gasteiger charge is -2.13. The van der Waals surface area contributed by atoms with Crippen molar-refractivity contribution in [1.82, 2.24) is 9.78 Å². The maximum absolute atomic E-state index is 12.5. The summed E-state index contributed by atoms with van der Waals surface area (Å²) in [6, 6.07) is 13.8. The van der Waals surface area contributed by atoms with Crippen molar-refractivity contribution in [2.45, 2.75) is 13.2 Å². The molecule has 5 nitrogen and oxygen atoms in total. The highest BCUT2D eigenvalue weighted by molar-refractivity contribution is 7.80. The molecule has 0 aliphatic heterocycles. The maximum atomic E-state index is 12.5. The quantitative estimate of drug-likeness (QED) is 0.562. The molecule has 0 atom stereocenters. The molecule has 0 fully saturated rings. The van der Waals surface area contributed by atoms with E-state index in [2.05, 4.69) is 20.5 Å². The third kappa shape index (κ3) is 5.63. The molecule has 1 aromatic heterocycles. The van der Waals surface area contributed by atoms with Crippen LogP contribution in [0.25, 0.3) is 0 Å². The van der Waals surface area contributed by atoms with Crippen LogP contribution in [0, 0.1) is 0 Å². The first-order valence-corrected chi connectivity index (χ1v) is 8.67. The van der Waals surface area contributed by atoms with Crippen LogP contribution in [0.3, 0.4) is 0 Å². The zero-order chi connectivity index (χ0) is 19.2. The standard InChI is InChI=1S/C18H15ClF2N4OS/c19-13-7-5-12(6-8-13)10-25-11-14(9-22-25)23-18(27)24-15-3-1-2-4-16(15)26-17(20)21/h1-9,11,17H,10H2,(H2,23,24,27). The van der Waals surface area contributed by atoms with Crippen LogP contribution < -0.4 is 15.4 Å². The molecule has 0 radical (unpaired) electrons. The van der Waals surface area contributed by atoms with Gasteiger partial charge in [0.05, 0.1) is 24.1 Å². The lowest BCUT2D eigenvalue weighted by Crippen LogP contribution is -2.19. The van der Waals surface area contributed by atoms with Crippen LogP contribution in [0.4, 0.5) is 20.2 Å². The van der Waals surface area contributed by atoms with Gasteiger partial charge in [-0.1, -0.05) is 35.9 Å². The van der Waals surface area contributed by atoms with Crippen molar-refractivity contribution in [3.63, 3.8) is 0 Å². The summed E-state index contributed by atoms with van der Waals surface area (Å²) < 4.78 is 31.1. The van der Waals surface area contributed by atoms with Crippen molar-refractivity contribution in [3.05, 3.63) is 71.5 Å². The number of nitrogens with zero attached hydrogens (tertiary/aromatic N) is 2. The average molecular weight is 409 g/mol. The SMILES string of the molecule is FC(F)Oc1ccccc1NC(=S)Nc1cnn(Cc2ccc(Cl)cc2)c1. The number of rotatable bonds is 6. The lowest BCUT2D eigenvalue weighted by atomic mass is 10.2. The van der Waals surface area contributed by atoms with Crippen molar-refractivity contribution >= 4 is 40.3 Å². The Hall–Kier alpha value is -2.71. The Morgan fingerprint density at radius 3 is 2.63 bits per heavy atom. The fourth-order valence-electron chi connectivity index (χ4n) is 2.34. The van der Waals surface area contributed by atoms with Gasteiger partial charge in [0.15, 0.2) is 5.11 Å². The van der Waals surface area contributed by atoms with Crippen molar-refractivity contribution in [1.29, 1.82) is 0 Å². The molecule has 0 bridgehead atoms. The van der Waals surface area contributed by atoms with Crippen molar-refractivity contribution in [2.75, 3.05) is 10.6 Å². The van der Waals surface area contributed by atoms with E-state index >= 15 is 0 Å². The van der Waals surface area contributed by atoms with Gasteiger partial charge in [-0.15, -0.1) is 0 Å². The Morgan fingerprint density at radius 2 is 1.89 bits per heavy atom. The van der Waals surface area contributed by atoms with E-state index in [4.69, 9.17) is 23.8 Å². The van der Waals surface area contributed by atoms with E-state index in [1.807, 2.05) is 24.3 Å². The van der Waals surface area contributed by atoms with Crippen molar-refractivity contribution < 1.29 is 13.5 Å². The number of hydrogen-bond donors (Lipinski definition) is 2. The summed E-state index contributed by atoms with van der Waals surface area (Å²) in [7, 11) is 0. The Kier molecular flexibility index (Phi) is 6.20. The van der Waals surface area contributed by atoms with Gasteiger partial charge >= 0.3 is 6.61 Å². The predicted molar refractivity (Wildman–Crippen MR) is 106 cm³/mol. The Labute approximate surface area is 164 Å². The third-order valence-electron chi connectivity index (χ3n) is 3.50. The van der Waals surface area contributed by atoms with Gasteiger partial charge in [-0.2, -0.15) is 13.9 Å². The molecule has 9 heteroatoms. The summed E-state index contributed by atoms with van der Waals surface area (Å²) in [5, 5.41) is 11.0. The second-order valence-corrected chi connectivity index (χ2v) is 6.35. The molecule has 3 aromatic rings. The van der Waals surface area contributed by atoms with Crippen LogP contribution in [0.15, 0.2) is 60.9 Å². The molecule has 0 aliphatic carbocycles. The highest BCUT2D eigenvalue weighted by Gasteiger charge is 2.10. The van der Waals surface area contributed by atoms with E-state index in [0.29, 0.717) is 22.9 Å². The number of ether oxygens (including phenoxy) is 1. The minimum Gasteiger partial charge on any atom is -0.433 e. The number of halogens is 3. The summed E-state index contributed by atoms with van der Waals surface area (Å²) in [4.78, 5) is 0. The molecule has 2 N–H and O–H groups in total. The zero-order valence-electron chi connectivity index (χ0n) is 13.9. The molecule has 0 unspecified atom stereocenters. The molecule has 0 amide bonds. The van der Waals surface area contributed by atoms with Gasteiger partial charge in [0.25, 0.3) is 0 Å². The first-order valence-electron chi connectivity index (χ1n) is 7.88. The molecular formula is C18H15ClF2N4OS. The number of aromatic nitrogens is 2. The summed E-state index contributed by atoms with van der Waals surface area (Å²) in [6.45, 7) is -2.34. The monoisotopic (exact) mass is 408 g/mol. The molecule has 140 valence electrons. The summed E-state index contributed by atoms with van der Waals surface area (Å²) >= 11 is 11.1. The van der Waals surface area contributed by atoms with Crippen LogP contribution in [0.2, 0.25) is 5.02 Å². The second kappa shape index (κ2) is 8.79. The Morgan fingerprint density at radius 1 is 1.15 bits per heavy atom. The van der Waals surface area contributed by atoms with Crippen LogP contribution in [0.1, 0.15) is 5.56 Å². The maximum Gasteiger partial charge on any atom is 0.387 e. The van der Waals surface area contributed by atoms with E-state index in [-0.39, 0.29) is 10.9 Å².